The van der Waals surface area contributed by atoms with Crippen LogP contribution in [0.3, 0.4) is 0 Å². The quantitative estimate of drug-likeness (QED) is 0.271. The fourth-order valence-electron chi connectivity index (χ4n) is 4.85. The smallest absolute Gasteiger partial charge is 0.247 e. The third kappa shape index (κ3) is 5.93. The van der Waals surface area contributed by atoms with Crippen LogP contribution in [0, 0.1) is 11.6 Å². The second-order valence-electron chi connectivity index (χ2n) is 9.73. The summed E-state index contributed by atoms with van der Waals surface area (Å²) >= 11 is 0. The summed E-state index contributed by atoms with van der Waals surface area (Å²) in [5.74, 6) is -2.14. The van der Waals surface area contributed by atoms with E-state index >= 15 is 8.78 Å². The molecule has 0 aliphatic carbocycles. The number of anilines is 4. The Bertz CT molecular complexity index is 1550. The van der Waals surface area contributed by atoms with Gasteiger partial charge in [-0.2, -0.15) is 0 Å². The maximum Gasteiger partial charge on any atom is 0.247 e. The third-order valence-electron chi connectivity index (χ3n) is 6.78. The molecule has 2 heterocycles. The highest BCUT2D eigenvalue weighted by atomic mass is 19.2. The summed E-state index contributed by atoms with van der Waals surface area (Å²) in [5.41, 5.74) is 2.94. The summed E-state index contributed by atoms with van der Waals surface area (Å²) in [6.07, 6.45) is 2.38. The first-order chi connectivity index (χ1) is 19.3. The van der Waals surface area contributed by atoms with Crippen LogP contribution in [0.15, 0.2) is 73.4 Å². The fraction of sp³-hybridized carbons (Fsp3) is 0.233. The van der Waals surface area contributed by atoms with Crippen molar-refractivity contribution < 1.29 is 18.7 Å². The van der Waals surface area contributed by atoms with Gasteiger partial charge in [0.2, 0.25) is 11.9 Å². The first-order valence-electron chi connectivity index (χ1n) is 13.0. The average Bonchev–Trinajstić information content (AvgIpc) is 2.95. The number of β-amino-alcohol motifs (C(OH)–C–C–N with tert-alkyl or cyclic N) is 1. The number of benzene rings is 3. The Balaban J connectivity index is 1.39. The number of carbonyl (C=O) groups excluding carboxylic acids is 1. The molecule has 0 unspecified atom stereocenters. The number of carbonyl (C=O) groups is 1. The standard InChI is InChI=1S/C30H30F2N6O2/c1-3-26(40)34-22-8-4-6-20(16-22)23-9-5-7-21-17-33-30(36-29(21)23)35-24-10-11-25(28(32)27(24)31)38-14-12-37(13-15-38)18-19(2)39/h3-11,16-17,19,39H,1,12-15,18H2,2H3,(H,34,40)(H,33,35,36)/t19-/m1/s1. The minimum atomic E-state index is -1.01. The molecule has 0 radical (unpaired) electrons. The van der Waals surface area contributed by atoms with Gasteiger partial charge in [-0.25, -0.2) is 18.7 Å². The van der Waals surface area contributed by atoms with Crippen LogP contribution in [-0.2, 0) is 4.79 Å². The predicted octanol–water partition coefficient (Wildman–Crippen LogP) is 4.95. The molecule has 4 aromatic rings. The topological polar surface area (TPSA) is 93.6 Å². The Morgan fingerprint density at radius 2 is 1.88 bits per heavy atom. The lowest BCUT2D eigenvalue weighted by Crippen LogP contribution is -2.48. The lowest BCUT2D eigenvalue weighted by atomic mass is 10.0. The van der Waals surface area contributed by atoms with E-state index in [0.29, 0.717) is 43.9 Å². The maximum absolute atomic E-state index is 15.2. The highest BCUT2D eigenvalue weighted by Gasteiger charge is 2.23. The molecule has 1 aliphatic rings. The monoisotopic (exact) mass is 544 g/mol. The van der Waals surface area contributed by atoms with Gasteiger partial charge in [0.05, 0.1) is 23.0 Å². The van der Waals surface area contributed by atoms with E-state index in [2.05, 4.69) is 32.1 Å². The van der Waals surface area contributed by atoms with Crippen LogP contribution in [0.2, 0.25) is 0 Å². The van der Waals surface area contributed by atoms with Gasteiger partial charge in [0.25, 0.3) is 0 Å². The molecule has 0 bridgehead atoms. The highest BCUT2D eigenvalue weighted by molar-refractivity contribution is 6.00. The van der Waals surface area contributed by atoms with E-state index in [1.165, 1.54) is 12.1 Å². The Labute approximate surface area is 231 Å². The molecule has 1 atom stereocenters. The third-order valence-corrected chi connectivity index (χ3v) is 6.78. The number of aliphatic hydroxyl groups is 1. The summed E-state index contributed by atoms with van der Waals surface area (Å²) < 4.78 is 30.3. The van der Waals surface area contributed by atoms with Crippen molar-refractivity contribution in [2.45, 2.75) is 13.0 Å². The van der Waals surface area contributed by atoms with Crippen molar-refractivity contribution in [2.75, 3.05) is 48.3 Å². The second kappa shape index (κ2) is 11.8. The predicted molar refractivity (Wildman–Crippen MR) is 154 cm³/mol. The number of hydrogen-bond donors (Lipinski definition) is 3. The van der Waals surface area contributed by atoms with Gasteiger partial charge in [-0.05, 0) is 42.8 Å². The van der Waals surface area contributed by atoms with Gasteiger partial charge in [0, 0.05) is 55.6 Å². The molecule has 1 amide bonds. The molecule has 1 fully saturated rings. The zero-order valence-electron chi connectivity index (χ0n) is 22.1. The van der Waals surface area contributed by atoms with E-state index < -0.39 is 17.7 Å². The lowest BCUT2D eigenvalue weighted by molar-refractivity contribution is -0.111. The van der Waals surface area contributed by atoms with Gasteiger partial charge >= 0.3 is 0 Å². The fourth-order valence-corrected chi connectivity index (χ4v) is 4.85. The molecule has 0 spiro atoms. The SMILES string of the molecule is C=CC(=O)Nc1cccc(-c2cccc3cnc(Nc4ccc(N5CCN(C[C@@H](C)O)CC5)c(F)c4F)nc23)c1. The summed E-state index contributed by atoms with van der Waals surface area (Å²) in [5, 5.41) is 15.9. The first-order valence-corrected chi connectivity index (χ1v) is 13.0. The maximum atomic E-state index is 15.2. The van der Waals surface area contributed by atoms with Gasteiger partial charge in [-0.15, -0.1) is 0 Å². The van der Waals surface area contributed by atoms with Crippen molar-refractivity contribution in [1.82, 2.24) is 14.9 Å². The number of nitrogens with one attached hydrogen (secondary N) is 2. The van der Waals surface area contributed by atoms with Crippen molar-refractivity contribution in [3.8, 4) is 11.1 Å². The number of amides is 1. The van der Waals surface area contributed by atoms with Gasteiger partial charge in [-0.3, -0.25) is 9.69 Å². The molecule has 1 aliphatic heterocycles. The van der Waals surface area contributed by atoms with Crippen molar-refractivity contribution in [2.24, 2.45) is 0 Å². The number of piperazine rings is 1. The van der Waals surface area contributed by atoms with Gasteiger partial charge in [-0.1, -0.05) is 36.9 Å². The highest BCUT2D eigenvalue weighted by Crippen LogP contribution is 2.32. The van der Waals surface area contributed by atoms with Crippen molar-refractivity contribution in [3.63, 3.8) is 0 Å². The Morgan fingerprint density at radius 3 is 2.62 bits per heavy atom. The van der Waals surface area contributed by atoms with Gasteiger partial charge in [0.15, 0.2) is 11.6 Å². The number of aromatic nitrogens is 2. The van der Waals surface area contributed by atoms with Crippen molar-refractivity contribution in [1.29, 1.82) is 0 Å². The van der Waals surface area contributed by atoms with E-state index in [0.717, 1.165) is 16.5 Å². The van der Waals surface area contributed by atoms with Crippen LogP contribution in [0.1, 0.15) is 6.92 Å². The van der Waals surface area contributed by atoms with E-state index in [1.54, 1.807) is 25.3 Å². The molecule has 206 valence electrons. The van der Waals surface area contributed by atoms with E-state index in [1.807, 2.05) is 41.3 Å². The van der Waals surface area contributed by atoms with E-state index in [-0.39, 0.29) is 23.2 Å². The summed E-state index contributed by atoms with van der Waals surface area (Å²) in [6.45, 7) is 8.14. The molecule has 0 saturated carbocycles. The average molecular weight is 545 g/mol. The molecular weight excluding hydrogens is 514 g/mol. The van der Waals surface area contributed by atoms with Crippen molar-refractivity contribution >= 4 is 39.8 Å². The molecule has 1 saturated heterocycles. The summed E-state index contributed by atoms with van der Waals surface area (Å²) in [4.78, 5) is 24.6. The number of halogens is 2. The largest absolute Gasteiger partial charge is 0.392 e. The molecule has 5 rings (SSSR count). The number of fused-ring (bicyclic) bond motifs is 1. The Hall–Kier alpha value is -4.41. The van der Waals surface area contributed by atoms with Crippen LogP contribution in [0.4, 0.5) is 31.8 Å². The van der Waals surface area contributed by atoms with E-state index in [9.17, 15) is 9.90 Å². The molecule has 8 nitrogen and oxygen atoms in total. The van der Waals surface area contributed by atoms with Crippen LogP contribution in [-0.4, -0.2) is 64.7 Å². The molecule has 40 heavy (non-hydrogen) atoms. The lowest BCUT2D eigenvalue weighted by Gasteiger charge is -2.36. The number of nitrogens with zero attached hydrogens (tertiary/aromatic N) is 4. The first kappa shape index (κ1) is 27.2. The molecular formula is C30H30F2N6O2. The van der Waals surface area contributed by atoms with Crippen molar-refractivity contribution in [3.05, 3.63) is 85.1 Å². The van der Waals surface area contributed by atoms with Crippen LogP contribution in [0.5, 0.6) is 0 Å². The minimum Gasteiger partial charge on any atom is -0.392 e. The molecule has 1 aromatic heterocycles. The van der Waals surface area contributed by atoms with E-state index in [4.69, 9.17) is 0 Å². The zero-order chi connectivity index (χ0) is 28.2. The summed E-state index contributed by atoms with van der Waals surface area (Å²) in [7, 11) is 0. The number of aliphatic hydroxyl groups excluding tert-OH is 1. The van der Waals surface area contributed by atoms with Gasteiger partial charge in [0.1, 0.15) is 0 Å². The van der Waals surface area contributed by atoms with Crippen LogP contribution < -0.4 is 15.5 Å². The van der Waals surface area contributed by atoms with Crippen LogP contribution >= 0.6 is 0 Å². The Morgan fingerprint density at radius 1 is 1.10 bits per heavy atom. The normalized spacial score (nSPS) is 14.7. The number of para-hydroxylation sites is 1. The Kier molecular flexibility index (Phi) is 7.99. The summed E-state index contributed by atoms with van der Waals surface area (Å²) in [6, 6.07) is 16.0. The molecule has 10 heteroatoms. The van der Waals surface area contributed by atoms with Gasteiger partial charge < -0.3 is 20.6 Å². The number of hydrogen-bond acceptors (Lipinski definition) is 7. The zero-order valence-corrected chi connectivity index (χ0v) is 22.1. The minimum absolute atomic E-state index is 0.0695. The second-order valence-corrected chi connectivity index (χ2v) is 9.73. The number of rotatable bonds is 8. The molecule has 3 N–H and O–H groups in total. The van der Waals surface area contributed by atoms with Crippen LogP contribution in [0.25, 0.3) is 22.0 Å². The molecule has 3 aromatic carbocycles.